The van der Waals surface area contributed by atoms with Gasteiger partial charge in [-0.2, -0.15) is 5.11 Å². The number of para-hydroxylation sites is 1. The topological polar surface area (TPSA) is 54.2 Å². The van der Waals surface area contributed by atoms with Gasteiger partial charge in [0.2, 0.25) is 0 Å². The van der Waals surface area contributed by atoms with Gasteiger partial charge < -0.3 is 9.84 Å². The first-order chi connectivity index (χ1) is 10.8. The summed E-state index contributed by atoms with van der Waals surface area (Å²) in [6.45, 7) is 2.54. The van der Waals surface area contributed by atoms with Gasteiger partial charge in [0.15, 0.2) is 0 Å². The molecule has 0 amide bonds. The lowest BCUT2D eigenvalue weighted by Crippen LogP contribution is -2.07. The molecule has 0 bridgehead atoms. The monoisotopic (exact) mass is 298 g/mol. The van der Waals surface area contributed by atoms with E-state index < -0.39 is 0 Å². The Morgan fingerprint density at radius 3 is 2.50 bits per heavy atom. The fraction of sp³-hybridized carbons (Fsp3) is 0.333. The average Bonchev–Trinajstić information content (AvgIpc) is 2.58. The van der Waals surface area contributed by atoms with E-state index in [-0.39, 0.29) is 6.10 Å². The summed E-state index contributed by atoms with van der Waals surface area (Å²) in [7, 11) is 0. The Hall–Kier alpha value is -2.20. The molecule has 2 rings (SSSR count). The van der Waals surface area contributed by atoms with Crippen molar-refractivity contribution in [2.45, 2.75) is 32.3 Å². The van der Waals surface area contributed by atoms with Crippen molar-refractivity contribution < 1.29 is 9.84 Å². The molecule has 0 aliphatic heterocycles. The molecule has 4 heteroatoms. The number of aliphatic hydroxyl groups is 1. The van der Waals surface area contributed by atoms with Crippen molar-refractivity contribution in [1.82, 2.24) is 0 Å². The van der Waals surface area contributed by atoms with Crippen LogP contribution < -0.4 is 4.74 Å². The third-order valence-corrected chi connectivity index (χ3v) is 3.31. The van der Waals surface area contributed by atoms with Crippen LogP contribution in [-0.4, -0.2) is 17.8 Å². The number of rotatable bonds is 8. The van der Waals surface area contributed by atoms with Gasteiger partial charge in [-0.3, -0.25) is 0 Å². The summed E-state index contributed by atoms with van der Waals surface area (Å²) in [6, 6.07) is 17.2. The number of aliphatic hydroxyl groups excluding tert-OH is 1. The highest BCUT2D eigenvalue weighted by Gasteiger charge is 2.04. The first-order valence-electron chi connectivity index (χ1n) is 7.66. The Balaban J connectivity index is 1.94. The zero-order valence-electron chi connectivity index (χ0n) is 12.9. The van der Waals surface area contributed by atoms with E-state index in [1.807, 2.05) is 61.5 Å². The van der Waals surface area contributed by atoms with Crippen molar-refractivity contribution in [2.24, 2.45) is 10.2 Å². The zero-order valence-corrected chi connectivity index (χ0v) is 12.9. The molecular formula is C18H22N2O2. The first kappa shape index (κ1) is 16.2. The van der Waals surface area contributed by atoms with Gasteiger partial charge in [0, 0.05) is 0 Å². The Kier molecular flexibility index (Phi) is 6.58. The first-order valence-corrected chi connectivity index (χ1v) is 7.66. The minimum atomic E-state index is -0.239. The quantitative estimate of drug-likeness (QED) is 0.549. The molecule has 0 saturated carbocycles. The van der Waals surface area contributed by atoms with Crippen LogP contribution >= 0.6 is 0 Å². The Morgan fingerprint density at radius 2 is 1.73 bits per heavy atom. The van der Waals surface area contributed by atoms with E-state index in [1.165, 1.54) is 0 Å². The average molecular weight is 298 g/mol. The van der Waals surface area contributed by atoms with Crippen LogP contribution in [0.4, 0.5) is 11.4 Å². The van der Waals surface area contributed by atoms with Crippen molar-refractivity contribution in [1.29, 1.82) is 0 Å². The zero-order chi connectivity index (χ0) is 15.6. The van der Waals surface area contributed by atoms with Crippen molar-refractivity contribution in [3.63, 3.8) is 0 Å². The highest BCUT2D eigenvalue weighted by atomic mass is 16.5. The van der Waals surface area contributed by atoms with Crippen LogP contribution in [0.3, 0.4) is 0 Å². The van der Waals surface area contributed by atoms with Gasteiger partial charge in [-0.15, -0.1) is 5.11 Å². The molecule has 4 nitrogen and oxygen atoms in total. The third kappa shape index (κ3) is 5.30. The molecule has 1 unspecified atom stereocenters. The van der Waals surface area contributed by atoms with E-state index in [4.69, 9.17) is 4.74 Å². The molecular weight excluding hydrogens is 276 g/mol. The summed E-state index contributed by atoms with van der Waals surface area (Å²) in [4.78, 5) is 0. The molecule has 0 spiro atoms. The normalized spacial score (nSPS) is 12.5. The SMILES string of the molecule is CCC(O)CCCOc1ccccc1N=Nc1ccccc1. The summed E-state index contributed by atoms with van der Waals surface area (Å²) in [5, 5.41) is 18.0. The number of nitrogens with zero attached hydrogens (tertiary/aromatic N) is 2. The summed E-state index contributed by atoms with van der Waals surface area (Å²) in [5.41, 5.74) is 1.52. The molecule has 0 fully saturated rings. The fourth-order valence-electron chi connectivity index (χ4n) is 1.97. The van der Waals surface area contributed by atoms with E-state index in [2.05, 4.69) is 10.2 Å². The summed E-state index contributed by atoms with van der Waals surface area (Å²) in [5.74, 6) is 0.716. The lowest BCUT2D eigenvalue weighted by atomic mass is 10.1. The Bertz CT molecular complexity index is 585. The second-order valence-corrected chi connectivity index (χ2v) is 5.06. The maximum atomic E-state index is 9.53. The van der Waals surface area contributed by atoms with Crippen molar-refractivity contribution in [3.8, 4) is 5.75 Å². The highest BCUT2D eigenvalue weighted by molar-refractivity contribution is 5.51. The number of azo groups is 1. The lowest BCUT2D eigenvalue weighted by molar-refractivity contribution is 0.149. The molecule has 2 aromatic carbocycles. The van der Waals surface area contributed by atoms with Crippen LogP contribution in [0.25, 0.3) is 0 Å². The van der Waals surface area contributed by atoms with Crippen LogP contribution in [0, 0.1) is 0 Å². The number of hydrogen-bond acceptors (Lipinski definition) is 4. The molecule has 0 aliphatic rings. The fourth-order valence-corrected chi connectivity index (χ4v) is 1.97. The number of hydrogen-bond donors (Lipinski definition) is 1. The van der Waals surface area contributed by atoms with Gasteiger partial charge in [-0.25, -0.2) is 0 Å². The minimum absolute atomic E-state index is 0.239. The maximum Gasteiger partial charge on any atom is 0.146 e. The molecule has 0 heterocycles. The number of ether oxygens (including phenoxy) is 1. The smallest absolute Gasteiger partial charge is 0.146 e. The van der Waals surface area contributed by atoms with Crippen molar-refractivity contribution >= 4 is 11.4 Å². The second-order valence-electron chi connectivity index (χ2n) is 5.06. The van der Waals surface area contributed by atoms with Crippen LogP contribution in [0.5, 0.6) is 5.75 Å². The van der Waals surface area contributed by atoms with Crippen molar-refractivity contribution in [2.75, 3.05) is 6.61 Å². The predicted molar refractivity (Wildman–Crippen MR) is 88.1 cm³/mol. The van der Waals surface area contributed by atoms with Gasteiger partial charge in [0.1, 0.15) is 11.4 Å². The molecule has 2 aromatic rings. The summed E-state index contributed by atoms with van der Waals surface area (Å²) < 4.78 is 5.76. The molecule has 1 N–H and O–H groups in total. The largest absolute Gasteiger partial charge is 0.491 e. The van der Waals surface area contributed by atoms with Gasteiger partial charge in [-0.1, -0.05) is 37.3 Å². The van der Waals surface area contributed by atoms with Gasteiger partial charge in [0.25, 0.3) is 0 Å². The van der Waals surface area contributed by atoms with E-state index in [9.17, 15) is 5.11 Å². The molecule has 0 saturated heterocycles. The van der Waals surface area contributed by atoms with E-state index >= 15 is 0 Å². The summed E-state index contributed by atoms with van der Waals surface area (Å²) >= 11 is 0. The van der Waals surface area contributed by atoms with Crippen LogP contribution in [-0.2, 0) is 0 Å². The minimum Gasteiger partial charge on any atom is -0.491 e. The van der Waals surface area contributed by atoms with E-state index in [0.717, 1.165) is 24.9 Å². The molecule has 116 valence electrons. The Morgan fingerprint density at radius 1 is 1.00 bits per heavy atom. The van der Waals surface area contributed by atoms with E-state index in [0.29, 0.717) is 18.0 Å². The lowest BCUT2D eigenvalue weighted by Gasteiger charge is -2.10. The third-order valence-electron chi connectivity index (χ3n) is 3.31. The van der Waals surface area contributed by atoms with E-state index in [1.54, 1.807) is 0 Å². The second kappa shape index (κ2) is 8.95. The molecule has 0 aliphatic carbocycles. The Labute approximate surface area is 131 Å². The van der Waals surface area contributed by atoms with Gasteiger partial charge in [0.05, 0.1) is 18.4 Å². The summed E-state index contributed by atoms with van der Waals surface area (Å²) in [6.07, 6.45) is 2.11. The van der Waals surface area contributed by atoms with Crippen LogP contribution in [0.1, 0.15) is 26.2 Å². The molecule has 22 heavy (non-hydrogen) atoms. The maximum absolute atomic E-state index is 9.53. The predicted octanol–water partition coefficient (Wildman–Crippen LogP) is 5.03. The number of benzene rings is 2. The standard InChI is InChI=1S/C18H22N2O2/c1-2-16(21)11-8-14-22-18-13-7-6-12-17(18)20-19-15-9-4-3-5-10-15/h3-7,9-10,12-13,16,21H,2,8,11,14H2,1H3. The van der Waals surface area contributed by atoms with Gasteiger partial charge in [-0.05, 0) is 43.5 Å². The van der Waals surface area contributed by atoms with Crippen LogP contribution in [0.15, 0.2) is 64.8 Å². The molecule has 1 atom stereocenters. The van der Waals surface area contributed by atoms with Crippen LogP contribution in [0.2, 0.25) is 0 Å². The molecule has 0 aromatic heterocycles. The molecule has 0 radical (unpaired) electrons. The van der Waals surface area contributed by atoms with Gasteiger partial charge >= 0.3 is 0 Å². The van der Waals surface area contributed by atoms with Crippen molar-refractivity contribution in [3.05, 3.63) is 54.6 Å². The highest BCUT2D eigenvalue weighted by Crippen LogP contribution is 2.28.